The lowest BCUT2D eigenvalue weighted by Gasteiger charge is -2.09. The van der Waals surface area contributed by atoms with Crippen LogP contribution in [0.3, 0.4) is 0 Å². The maximum Gasteiger partial charge on any atom is 0.416 e. The first-order chi connectivity index (χ1) is 8.93. The van der Waals surface area contributed by atoms with Gasteiger partial charge in [-0.05, 0) is 38.2 Å². The van der Waals surface area contributed by atoms with Gasteiger partial charge in [0.15, 0.2) is 0 Å². The number of nitrogens with one attached hydrogen (secondary N) is 1. The van der Waals surface area contributed by atoms with Crippen molar-refractivity contribution in [2.75, 3.05) is 7.05 Å². The highest BCUT2D eigenvalue weighted by atomic mass is 19.4. The Labute approximate surface area is 109 Å². The van der Waals surface area contributed by atoms with Crippen molar-refractivity contribution in [2.45, 2.75) is 19.6 Å². The Kier molecular flexibility index (Phi) is 3.61. The molecule has 2 aromatic rings. The van der Waals surface area contributed by atoms with Gasteiger partial charge in [0.2, 0.25) is 0 Å². The highest BCUT2D eigenvalue weighted by Crippen LogP contribution is 2.29. The monoisotopic (exact) mass is 269 g/mol. The molecule has 2 rings (SSSR count). The Balaban J connectivity index is 2.32. The molecule has 0 aliphatic carbocycles. The first-order valence-corrected chi connectivity index (χ1v) is 5.79. The zero-order chi connectivity index (χ0) is 14.0. The number of hydrogen-bond donors (Lipinski definition) is 1. The molecule has 102 valence electrons. The molecule has 0 spiro atoms. The Morgan fingerprint density at radius 1 is 1.21 bits per heavy atom. The van der Waals surface area contributed by atoms with E-state index < -0.39 is 11.7 Å². The first kappa shape index (κ1) is 13.6. The molecule has 1 N–H and O–H groups in total. The summed E-state index contributed by atoms with van der Waals surface area (Å²) in [5.41, 5.74) is 1.89. The number of aromatic nitrogens is 2. The van der Waals surface area contributed by atoms with Crippen LogP contribution in [-0.2, 0) is 12.7 Å². The first-order valence-electron chi connectivity index (χ1n) is 5.79. The minimum Gasteiger partial charge on any atom is -0.316 e. The molecule has 0 saturated heterocycles. The van der Waals surface area contributed by atoms with Crippen LogP contribution >= 0.6 is 0 Å². The van der Waals surface area contributed by atoms with E-state index in [9.17, 15) is 13.2 Å². The summed E-state index contributed by atoms with van der Waals surface area (Å²) in [6.07, 6.45) is -2.60. The van der Waals surface area contributed by atoms with E-state index in [0.29, 0.717) is 12.2 Å². The molecular weight excluding hydrogens is 255 g/mol. The minimum atomic E-state index is -4.31. The summed E-state index contributed by atoms with van der Waals surface area (Å²) in [5.74, 6) is 0. The van der Waals surface area contributed by atoms with Crippen molar-refractivity contribution in [2.24, 2.45) is 0 Å². The maximum atomic E-state index is 12.5. The number of benzene rings is 1. The Hall–Kier alpha value is -1.82. The van der Waals surface area contributed by atoms with Crippen LogP contribution in [0.25, 0.3) is 5.69 Å². The predicted octanol–water partition coefficient (Wildman–Crippen LogP) is 2.92. The summed E-state index contributed by atoms with van der Waals surface area (Å²) in [4.78, 5) is 0. The topological polar surface area (TPSA) is 29.9 Å². The van der Waals surface area contributed by atoms with Gasteiger partial charge in [-0.1, -0.05) is 0 Å². The zero-order valence-electron chi connectivity index (χ0n) is 10.6. The average Bonchev–Trinajstić information content (AvgIpc) is 2.71. The molecule has 1 aromatic carbocycles. The van der Waals surface area contributed by atoms with Gasteiger partial charge in [0.25, 0.3) is 0 Å². The van der Waals surface area contributed by atoms with Crippen molar-refractivity contribution in [1.29, 1.82) is 0 Å². The Bertz CT molecular complexity index is 556. The van der Waals surface area contributed by atoms with Gasteiger partial charge in [0.05, 0.1) is 17.4 Å². The fourth-order valence-electron chi connectivity index (χ4n) is 1.86. The quantitative estimate of drug-likeness (QED) is 0.928. The average molecular weight is 269 g/mol. The molecule has 0 bridgehead atoms. The van der Waals surface area contributed by atoms with Crippen molar-refractivity contribution in [3.8, 4) is 5.69 Å². The number of nitrogens with zero attached hydrogens (tertiary/aromatic N) is 2. The summed E-state index contributed by atoms with van der Waals surface area (Å²) < 4.78 is 39.1. The van der Waals surface area contributed by atoms with E-state index in [-0.39, 0.29) is 0 Å². The van der Waals surface area contributed by atoms with Gasteiger partial charge in [0.1, 0.15) is 0 Å². The SMILES string of the molecule is CNCc1cnn(-c2ccc(C(F)(F)F)cc2)c1C. The molecule has 6 heteroatoms. The molecular formula is C13H14F3N3. The second-order valence-electron chi connectivity index (χ2n) is 4.24. The largest absolute Gasteiger partial charge is 0.416 e. The summed E-state index contributed by atoms with van der Waals surface area (Å²) in [6.45, 7) is 2.56. The maximum absolute atomic E-state index is 12.5. The molecule has 3 nitrogen and oxygen atoms in total. The van der Waals surface area contributed by atoms with Crippen molar-refractivity contribution < 1.29 is 13.2 Å². The molecule has 0 aliphatic rings. The standard InChI is InChI=1S/C13H14F3N3/c1-9-10(7-17-2)8-18-19(9)12-5-3-11(4-6-12)13(14,15)16/h3-6,8,17H,7H2,1-2H3. The van der Waals surface area contributed by atoms with E-state index in [1.54, 1.807) is 10.9 Å². The summed E-state index contributed by atoms with van der Waals surface area (Å²) >= 11 is 0. The molecule has 1 heterocycles. The van der Waals surface area contributed by atoms with E-state index in [1.807, 2.05) is 14.0 Å². The van der Waals surface area contributed by atoms with Crippen LogP contribution in [-0.4, -0.2) is 16.8 Å². The third kappa shape index (κ3) is 2.78. The second-order valence-corrected chi connectivity index (χ2v) is 4.24. The molecule has 19 heavy (non-hydrogen) atoms. The summed E-state index contributed by atoms with van der Waals surface area (Å²) in [6, 6.07) is 4.97. The van der Waals surface area contributed by atoms with E-state index in [2.05, 4.69) is 10.4 Å². The molecule has 1 aromatic heterocycles. The lowest BCUT2D eigenvalue weighted by atomic mass is 10.2. The minimum absolute atomic E-state index is 0.618. The van der Waals surface area contributed by atoms with Crippen molar-refractivity contribution in [3.05, 3.63) is 47.3 Å². The molecule has 0 amide bonds. The highest BCUT2D eigenvalue weighted by molar-refractivity contribution is 5.37. The summed E-state index contributed by atoms with van der Waals surface area (Å²) in [7, 11) is 1.83. The fourth-order valence-corrected chi connectivity index (χ4v) is 1.86. The van der Waals surface area contributed by atoms with E-state index >= 15 is 0 Å². The molecule has 0 unspecified atom stereocenters. The normalized spacial score (nSPS) is 11.8. The van der Waals surface area contributed by atoms with Gasteiger partial charge in [-0.15, -0.1) is 0 Å². The van der Waals surface area contributed by atoms with Crippen LogP contribution in [0.4, 0.5) is 13.2 Å². The van der Waals surface area contributed by atoms with Crippen LogP contribution < -0.4 is 5.32 Å². The molecule has 0 saturated carbocycles. The number of alkyl halides is 3. The number of rotatable bonds is 3. The third-order valence-corrected chi connectivity index (χ3v) is 2.92. The Morgan fingerprint density at radius 2 is 1.84 bits per heavy atom. The fraction of sp³-hybridized carbons (Fsp3) is 0.308. The Morgan fingerprint density at radius 3 is 2.37 bits per heavy atom. The van der Waals surface area contributed by atoms with Crippen LogP contribution in [0.1, 0.15) is 16.8 Å². The van der Waals surface area contributed by atoms with Gasteiger partial charge >= 0.3 is 6.18 Å². The third-order valence-electron chi connectivity index (χ3n) is 2.92. The van der Waals surface area contributed by atoms with Crippen molar-refractivity contribution in [1.82, 2.24) is 15.1 Å². The smallest absolute Gasteiger partial charge is 0.316 e. The van der Waals surface area contributed by atoms with Crippen molar-refractivity contribution >= 4 is 0 Å². The lowest BCUT2D eigenvalue weighted by Crippen LogP contribution is -2.07. The molecule has 0 aliphatic heterocycles. The van der Waals surface area contributed by atoms with E-state index in [0.717, 1.165) is 23.4 Å². The van der Waals surface area contributed by atoms with Crippen LogP contribution in [0.15, 0.2) is 30.5 Å². The zero-order valence-corrected chi connectivity index (χ0v) is 10.6. The number of hydrogen-bond acceptors (Lipinski definition) is 2. The second kappa shape index (κ2) is 5.05. The van der Waals surface area contributed by atoms with E-state index in [1.165, 1.54) is 12.1 Å². The van der Waals surface area contributed by atoms with Crippen LogP contribution in [0.5, 0.6) is 0 Å². The molecule has 0 fully saturated rings. The molecule has 0 atom stereocenters. The van der Waals surface area contributed by atoms with Crippen LogP contribution in [0.2, 0.25) is 0 Å². The molecule has 0 radical (unpaired) electrons. The predicted molar refractivity (Wildman–Crippen MR) is 66.1 cm³/mol. The lowest BCUT2D eigenvalue weighted by molar-refractivity contribution is -0.137. The van der Waals surface area contributed by atoms with Gasteiger partial charge in [-0.25, -0.2) is 4.68 Å². The van der Waals surface area contributed by atoms with Gasteiger partial charge in [-0.3, -0.25) is 0 Å². The van der Waals surface area contributed by atoms with E-state index in [4.69, 9.17) is 0 Å². The van der Waals surface area contributed by atoms with Gasteiger partial charge in [0, 0.05) is 17.8 Å². The van der Waals surface area contributed by atoms with Gasteiger partial charge < -0.3 is 5.32 Å². The van der Waals surface area contributed by atoms with Crippen LogP contribution in [0, 0.1) is 6.92 Å². The highest BCUT2D eigenvalue weighted by Gasteiger charge is 2.30. The summed E-state index contributed by atoms with van der Waals surface area (Å²) in [5, 5.41) is 7.21. The van der Waals surface area contributed by atoms with Gasteiger partial charge in [-0.2, -0.15) is 18.3 Å². The number of halogens is 3. The van der Waals surface area contributed by atoms with Crippen molar-refractivity contribution in [3.63, 3.8) is 0 Å².